The molecule has 0 aliphatic rings. The maximum atomic E-state index is 14.4. The van der Waals surface area contributed by atoms with Gasteiger partial charge < -0.3 is 4.74 Å². The molecule has 0 unspecified atom stereocenters. The molecule has 1 aromatic heterocycles. The SMILES string of the molecule is CCCCCc1cnc(Oc2ccc(-c3ccc(C)c(F)c3)cc2F)s1. The fourth-order valence-electron chi connectivity index (χ4n) is 2.63. The van der Waals surface area contributed by atoms with Crippen LogP contribution in [0.4, 0.5) is 8.78 Å². The average Bonchev–Trinajstić information content (AvgIpc) is 3.07. The molecular weight excluding hydrogens is 352 g/mol. The highest BCUT2D eigenvalue weighted by atomic mass is 32.1. The van der Waals surface area contributed by atoms with Gasteiger partial charge in [-0.1, -0.05) is 49.3 Å². The van der Waals surface area contributed by atoms with Gasteiger partial charge in [0.05, 0.1) is 0 Å². The topological polar surface area (TPSA) is 22.1 Å². The molecule has 136 valence electrons. The van der Waals surface area contributed by atoms with Crippen LogP contribution in [0.1, 0.15) is 36.6 Å². The fraction of sp³-hybridized carbons (Fsp3) is 0.286. The molecule has 2 aromatic carbocycles. The van der Waals surface area contributed by atoms with E-state index in [1.165, 1.54) is 36.3 Å². The Morgan fingerprint density at radius 3 is 2.42 bits per heavy atom. The van der Waals surface area contributed by atoms with Gasteiger partial charge in [-0.2, -0.15) is 0 Å². The molecule has 0 saturated heterocycles. The third-order valence-corrected chi connectivity index (χ3v) is 5.13. The summed E-state index contributed by atoms with van der Waals surface area (Å²) in [6.45, 7) is 3.86. The van der Waals surface area contributed by atoms with Crippen molar-refractivity contribution in [3.05, 3.63) is 64.7 Å². The number of benzene rings is 2. The van der Waals surface area contributed by atoms with Gasteiger partial charge in [-0.05, 0) is 54.7 Å². The molecule has 3 aromatic rings. The minimum atomic E-state index is -0.494. The second-order valence-corrected chi connectivity index (χ2v) is 7.34. The summed E-state index contributed by atoms with van der Waals surface area (Å²) in [6, 6.07) is 9.50. The van der Waals surface area contributed by atoms with E-state index < -0.39 is 5.82 Å². The normalized spacial score (nSPS) is 10.9. The Balaban J connectivity index is 1.72. The van der Waals surface area contributed by atoms with Crippen molar-refractivity contribution in [3.63, 3.8) is 0 Å². The molecule has 0 aliphatic carbocycles. The lowest BCUT2D eigenvalue weighted by Crippen LogP contribution is -1.90. The summed E-state index contributed by atoms with van der Waals surface area (Å²) in [4.78, 5) is 5.35. The predicted octanol–water partition coefficient (Wildman–Crippen LogP) is 6.92. The molecule has 0 aliphatic heterocycles. The quantitative estimate of drug-likeness (QED) is 0.419. The van der Waals surface area contributed by atoms with E-state index in [1.807, 2.05) is 0 Å². The van der Waals surface area contributed by atoms with Gasteiger partial charge in [-0.25, -0.2) is 13.8 Å². The number of aromatic nitrogens is 1. The van der Waals surface area contributed by atoms with Crippen molar-refractivity contribution in [1.82, 2.24) is 4.98 Å². The van der Waals surface area contributed by atoms with E-state index in [-0.39, 0.29) is 11.6 Å². The highest BCUT2D eigenvalue weighted by Gasteiger charge is 2.11. The Labute approximate surface area is 156 Å². The molecule has 0 bridgehead atoms. The van der Waals surface area contributed by atoms with Gasteiger partial charge >= 0.3 is 0 Å². The van der Waals surface area contributed by atoms with Crippen LogP contribution in [0.5, 0.6) is 10.9 Å². The average molecular weight is 373 g/mol. The van der Waals surface area contributed by atoms with Crippen LogP contribution in [-0.4, -0.2) is 4.98 Å². The maximum Gasteiger partial charge on any atom is 0.278 e. The van der Waals surface area contributed by atoms with Gasteiger partial charge in [0.15, 0.2) is 11.6 Å². The highest BCUT2D eigenvalue weighted by Crippen LogP contribution is 2.32. The smallest absolute Gasteiger partial charge is 0.278 e. The first-order valence-electron chi connectivity index (χ1n) is 8.75. The van der Waals surface area contributed by atoms with Gasteiger partial charge in [-0.15, -0.1) is 0 Å². The van der Waals surface area contributed by atoms with Crippen molar-refractivity contribution < 1.29 is 13.5 Å². The van der Waals surface area contributed by atoms with E-state index in [0.717, 1.165) is 17.7 Å². The zero-order valence-corrected chi connectivity index (χ0v) is 15.7. The Morgan fingerprint density at radius 1 is 1.00 bits per heavy atom. The van der Waals surface area contributed by atoms with Crippen LogP contribution < -0.4 is 4.74 Å². The zero-order chi connectivity index (χ0) is 18.5. The summed E-state index contributed by atoms with van der Waals surface area (Å²) in [5, 5.41) is 0.435. The first-order chi connectivity index (χ1) is 12.6. The standard InChI is InChI=1S/C21H21F2NOS/c1-3-4-5-6-17-13-24-21(26-17)25-20-10-9-16(12-19(20)23)15-8-7-14(2)18(22)11-15/h7-13H,3-6H2,1-2H3. The van der Waals surface area contributed by atoms with Gasteiger partial charge in [0, 0.05) is 11.1 Å². The first kappa shape index (κ1) is 18.5. The van der Waals surface area contributed by atoms with Gasteiger partial charge in [0.1, 0.15) is 5.82 Å². The summed E-state index contributed by atoms with van der Waals surface area (Å²) in [5.41, 5.74) is 1.80. The maximum absolute atomic E-state index is 14.4. The molecule has 0 N–H and O–H groups in total. The largest absolute Gasteiger partial charge is 0.428 e. The molecule has 0 radical (unpaired) electrons. The van der Waals surface area contributed by atoms with Crippen molar-refractivity contribution in [1.29, 1.82) is 0 Å². The second kappa shape index (κ2) is 8.41. The molecule has 0 atom stereocenters. The van der Waals surface area contributed by atoms with Gasteiger partial charge in [-0.3, -0.25) is 0 Å². The monoisotopic (exact) mass is 373 g/mol. The number of unbranched alkanes of at least 4 members (excludes halogenated alkanes) is 2. The van der Waals surface area contributed by atoms with Gasteiger partial charge in [0.2, 0.25) is 0 Å². The summed E-state index contributed by atoms with van der Waals surface area (Å²) in [7, 11) is 0. The lowest BCUT2D eigenvalue weighted by atomic mass is 10.0. The number of thiazole rings is 1. The van der Waals surface area contributed by atoms with Crippen LogP contribution in [0, 0.1) is 18.6 Å². The van der Waals surface area contributed by atoms with E-state index in [2.05, 4.69) is 11.9 Å². The molecule has 0 spiro atoms. The minimum Gasteiger partial charge on any atom is -0.428 e. The third kappa shape index (κ3) is 4.47. The summed E-state index contributed by atoms with van der Waals surface area (Å²) < 4.78 is 33.7. The van der Waals surface area contributed by atoms with Crippen LogP contribution in [0.25, 0.3) is 11.1 Å². The van der Waals surface area contributed by atoms with E-state index in [4.69, 9.17) is 4.74 Å². The van der Waals surface area contributed by atoms with E-state index in [1.54, 1.807) is 37.4 Å². The number of hydrogen-bond acceptors (Lipinski definition) is 3. The Hall–Kier alpha value is -2.27. The van der Waals surface area contributed by atoms with Crippen LogP contribution in [0.15, 0.2) is 42.6 Å². The molecule has 5 heteroatoms. The highest BCUT2D eigenvalue weighted by molar-refractivity contribution is 7.13. The van der Waals surface area contributed by atoms with Crippen LogP contribution in [0.2, 0.25) is 0 Å². The van der Waals surface area contributed by atoms with Gasteiger partial charge in [0.25, 0.3) is 5.19 Å². The zero-order valence-electron chi connectivity index (χ0n) is 14.9. The second-order valence-electron chi connectivity index (χ2n) is 6.26. The third-order valence-electron chi connectivity index (χ3n) is 4.19. The Kier molecular flexibility index (Phi) is 5.99. The van der Waals surface area contributed by atoms with Crippen LogP contribution in [-0.2, 0) is 6.42 Å². The van der Waals surface area contributed by atoms with E-state index in [9.17, 15) is 8.78 Å². The van der Waals surface area contributed by atoms with Crippen molar-refractivity contribution in [2.75, 3.05) is 0 Å². The molecule has 26 heavy (non-hydrogen) atoms. The number of aryl methyl sites for hydroxylation is 2. The van der Waals surface area contributed by atoms with Crippen LogP contribution in [0.3, 0.4) is 0 Å². The Bertz CT molecular complexity index is 891. The van der Waals surface area contributed by atoms with Crippen LogP contribution >= 0.6 is 11.3 Å². The summed E-state index contributed by atoms with van der Waals surface area (Å²) in [5.74, 6) is -0.677. The predicted molar refractivity (Wildman–Crippen MR) is 102 cm³/mol. The number of halogens is 2. The number of ether oxygens (including phenoxy) is 1. The van der Waals surface area contributed by atoms with E-state index in [0.29, 0.717) is 21.9 Å². The Morgan fingerprint density at radius 2 is 1.73 bits per heavy atom. The molecular formula is C21H21F2NOS. The fourth-order valence-corrected chi connectivity index (χ4v) is 3.44. The van der Waals surface area contributed by atoms with Crippen molar-refractivity contribution in [2.45, 2.75) is 39.5 Å². The summed E-state index contributed by atoms with van der Waals surface area (Å²) in [6.07, 6.45) is 6.23. The number of nitrogens with zero attached hydrogens (tertiary/aromatic N) is 1. The number of hydrogen-bond donors (Lipinski definition) is 0. The van der Waals surface area contributed by atoms with E-state index >= 15 is 0 Å². The molecule has 2 nitrogen and oxygen atoms in total. The molecule has 0 amide bonds. The first-order valence-corrected chi connectivity index (χ1v) is 9.57. The molecule has 1 heterocycles. The minimum absolute atomic E-state index is 0.121. The number of rotatable bonds is 7. The van der Waals surface area contributed by atoms with Crippen molar-refractivity contribution >= 4 is 11.3 Å². The lowest BCUT2D eigenvalue weighted by molar-refractivity contribution is 0.440. The molecule has 3 rings (SSSR count). The lowest BCUT2D eigenvalue weighted by Gasteiger charge is -2.07. The summed E-state index contributed by atoms with van der Waals surface area (Å²) >= 11 is 1.44. The van der Waals surface area contributed by atoms with Crippen molar-refractivity contribution in [3.8, 4) is 22.1 Å². The molecule has 0 saturated carbocycles. The molecule has 0 fully saturated rings. The van der Waals surface area contributed by atoms with Crippen molar-refractivity contribution in [2.24, 2.45) is 0 Å².